The van der Waals surface area contributed by atoms with E-state index < -0.39 is 56.0 Å². The highest BCUT2D eigenvalue weighted by molar-refractivity contribution is 6.06. The molecule has 0 spiro atoms. The number of fused-ring (bicyclic) bond motifs is 1. The molecule has 1 aliphatic rings. The fraction of sp³-hybridized carbons (Fsp3) is 0.320. The van der Waals surface area contributed by atoms with Crippen LogP contribution in [0.25, 0.3) is 33.4 Å². The summed E-state index contributed by atoms with van der Waals surface area (Å²) in [5, 5.41) is 46.8. The Morgan fingerprint density at radius 2 is 1.83 bits per heavy atom. The second kappa shape index (κ2) is 11.3. The topological polar surface area (TPSA) is 252 Å². The zero-order valence-corrected chi connectivity index (χ0v) is 21.7. The predicted molar refractivity (Wildman–Crippen MR) is 139 cm³/mol. The van der Waals surface area contributed by atoms with Gasteiger partial charge in [-0.15, -0.1) is 0 Å². The van der Waals surface area contributed by atoms with Crippen LogP contribution >= 0.6 is 0 Å². The van der Waals surface area contributed by atoms with Crippen LogP contribution in [0.15, 0.2) is 35.2 Å². The quantitative estimate of drug-likeness (QED) is 0.0956. The largest absolute Gasteiger partial charge is 0.510 e. The van der Waals surface area contributed by atoms with E-state index in [9.17, 15) is 34.4 Å². The van der Waals surface area contributed by atoms with E-state index in [1.54, 1.807) is 0 Å². The molecule has 0 radical (unpaired) electrons. The van der Waals surface area contributed by atoms with E-state index in [-0.39, 0.29) is 45.1 Å². The minimum Gasteiger partial charge on any atom is -0.431 e. The first kappa shape index (κ1) is 28.8. The van der Waals surface area contributed by atoms with Crippen molar-refractivity contribution in [1.82, 2.24) is 19.9 Å². The van der Waals surface area contributed by atoms with Crippen LogP contribution in [-0.4, -0.2) is 89.6 Å². The molecule has 222 valence electrons. The number of aliphatic hydroxyl groups excluding tert-OH is 4. The van der Waals surface area contributed by atoms with Crippen molar-refractivity contribution < 1.29 is 53.1 Å². The van der Waals surface area contributed by atoms with Gasteiger partial charge in [0.15, 0.2) is 30.2 Å². The van der Waals surface area contributed by atoms with Gasteiger partial charge in [-0.25, -0.2) is 13.9 Å². The Hall–Kier alpha value is -4.68. The van der Waals surface area contributed by atoms with Crippen LogP contribution in [0.3, 0.4) is 0 Å². The molecule has 1 aliphatic heterocycles. The van der Waals surface area contributed by atoms with E-state index in [1.807, 2.05) is 0 Å². The van der Waals surface area contributed by atoms with Gasteiger partial charge in [0.05, 0.1) is 17.3 Å². The first-order valence-electron chi connectivity index (χ1n) is 12.3. The molecular weight excluding hydrogens is 563 g/mol. The molecule has 1 aromatic carbocycles. The summed E-state index contributed by atoms with van der Waals surface area (Å²) in [6.45, 7) is 0.303. The summed E-state index contributed by atoms with van der Waals surface area (Å²) >= 11 is 0. The van der Waals surface area contributed by atoms with Crippen molar-refractivity contribution in [1.29, 1.82) is 0 Å². The summed E-state index contributed by atoms with van der Waals surface area (Å²) < 4.78 is 36.3. The van der Waals surface area contributed by atoms with Gasteiger partial charge in [-0.2, -0.15) is 5.10 Å². The summed E-state index contributed by atoms with van der Waals surface area (Å²) in [6.07, 6.45) is -5.08. The second-order valence-corrected chi connectivity index (χ2v) is 9.41. The van der Waals surface area contributed by atoms with Crippen molar-refractivity contribution in [3.63, 3.8) is 0 Å². The van der Waals surface area contributed by atoms with E-state index in [2.05, 4.69) is 15.2 Å². The standard InChI is InChI=1S/C25H25FN6O10/c1-9(33)11-2-12(14(26)3-15(11)27)18-17-22(42-31-23(17)28)13(5-29-18)10-4-30-32(6-10)8-40-25(38)39-7-16-19(34)20(35)21(36)24(37)41-16/h2-6,16,19-21,24,34-37H,7-8,27H2,1H3,(H2,28,31)/t16-,19-,20+,21?,24?/m1/s1. The normalized spacial score (nSPS) is 22.3. The van der Waals surface area contributed by atoms with Gasteiger partial charge in [0.1, 0.15) is 36.8 Å². The minimum absolute atomic E-state index is 0.0224. The lowest BCUT2D eigenvalue weighted by Gasteiger charge is -2.37. The number of Topliss-reactive ketones (excluding diaryl/α,β-unsaturated/α-hetero) is 1. The Morgan fingerprint density at radius 3 is 2.57 bits per heavy atom. The molecule has 3 aromatic heterocycles. The number of carbonyl (C=O) groups is 2. The number of hydrogen-bond acceptors (Lipinski definition) is 15. The molecule has 0 bridgehead atoms. The van der Waals surface area contributed by atoms with Gasteiger partial charge in [0.2, 0.25) is 0 Å². The van der Waals surface area contributed by atoms with Gasteiger partial charge < -0.3 is 50.6 Å². The van der Waals surface area contributed by atoms with E-state index in [0.29, 0.717) is 11.1 Å². The molecule has 42 heavy (non-hydrogen) atoms. The number of nitrogen functional groups attached to an aromatic ring is 2. The van der Waals surface area contributed by atoms with Crippen molar-refractivity contribution >= 4 is 34.4 Å². The van der Waals surface area contributed by atoms with Crippen LogP contribution < -0.4 is 11.5 Å². The summed E-state index contributed by atoms with van der Waals surface area (Å²) in [5.41, 5.74) is 12.9. The van der Waals surface area contributed by atoms with Crippen LogP contribution in [0.1, 0.15) is 17.3 Å². The zero-order chi connectivity index (χ0) is 30.3. The third-order valence-electron chi connectivity index (χ3n) is 6.61. The molecule has 16 nitrogen and oxygen atoms in total. The fourth-order valence-electron chi connectivity index (χ4n) is 4.40. The average molecular weight is 589 g/mol. The fourth-order valence-corrected chi connectivity index (χ4v) is 4.40. The molecule has 4 heterocycles. The van der Waals surface area contributed by atoms with E-state index in [0.717, 1.165) is 6.07 Å². The van der Waals surface area contributed by atoms with Crippen molar-refractivity contribution in [3.8, 4) is 22.4 Å². The number of nitrogens with two attached hydrogens (primary N) is 2. The Labute approximate surface area is 234 Å². The van der Waals surface area contributed by atoms with Gasteiger partial charge in [-0.05, 0) is 19.1 Å². The lowest BCUT2D eigenvalue weighted by atomic mass is 9.99. The number of aliphatic hydroxyl groups is 4. The maximum Gasteiger partial charge on any atom is 0.510 e. The lowest BCUT2D eigenvalue weighted by molar-refractivity contribution is -0.287. The number of halogens is 1. The average Bonchev–Trinajstić information content (AvgIpc) is 3.59. The number of ether oxygens (including phenoxy) is 3. The zero-order valence-electron chi connectivity index (χ0n) is 21.7. The van der Waals surface area contributed by atoms with Crippen molar-refractivity contribution in [2.75, 3.05) is 18.1 Å². The Bertz CT molecular complexity index is 1660. The van der Waals surface area contributed by atoms with Crippen LogP contribution in [0.5, 0.6) is 0 Å². The summed E-state index contributed by atoms with van der Waals surface area (Å²) in [6, 6.07) is 2.30. The third-order valence-corrected chi connectivity index (χ3v) is 6.61. The molecule has 5 rings (SSSR count). The SMILES string of the molecule is CC(=O)c1cc(-c2ncc(-c3cnn(COC(=O)OC[C@H]4OC(O)C(O)[C@@H](O)[C@@H]4O)c3)c3onc(N)c23)c(F)cc1N. The highest BCUT2D eigenvalue weighted by Gasteiger charge is 2.43. The van der Waals surface area contributed by atoms with Crippen LogP contribution in [0, 0.1) is 5.82 Å². The van der Waals surface area contributed by atoms with Crippen molar-refractivity contribution in [3.05, 3.63) is 42.1 Å². The van der Waals surface area contributed by atoms with Crippen LogP contribution in [0.2, 0.25) is 0 Å². The third kappa shape index (κ3) is 5.33. The molecule has 1 saturated heterocycles. The Balaban J connectivity index is 1.30. The van der Waals surface area contributed by atoms with Gasteiger partial charge in [0.25, 0.3) is 0 Å². The molecule has 1 fully saturated rings. The monoisotopic (exact) mass is 588 g/mol. The maximum absolute atomic E-state index is 14.9. The summed E-state index contributed by atoms with van der Waals surface area (Å²) in [4.78, 5) is 28.3. The number of rotatable bonds is 7. The predicted octanol–water partition coefficient (Wildman–Crippen LogP) is 0.170. The Morgan fingerprint density at radius 1 is 1.07 bits per heavy atom. The van der Waals surface area contributed by atoms with Crippen LogP contribution in [0.4, 0.5) is 20.7 Å². The van der Waals surface area contributed by atoms with E-state index in [1.165, 1.54) is 36.3 Å². The molecule has 0 amide bonds. The molecule has 17 heteroatoms. The molecule has 8 N–H and O–H groups in total. The Kier molecular flexibility index (Phi) is 7.76. The number of pyridine rings is 1. The highest BCUT2D eigenvalue weighted by atomic mass is 19.1. The van der Waals surface area contributed by atoms with E-state index >= 15 is 0 Å². The first-order valence-corrected chi connectivity index (χ1v) is 12.3. The van der Waals surface area contributed by atoms with E-state index in [4.69, 9.17) is 30.2 Å². The minimum atomic E-state index is -1.78. The molecule has 2 unspecified atom stereocenters. The number of anilines is 2. The molecule has 0 aliphatic carbocycles. The number of aromatic nitrogens is 4. The number of nitrogens with zero attached hydrogens (tertiary/aromatic N) is 4. The molecule has 4 aromatic rings. The van der Waals surface area contributed by atoms with Crippen molar-refractivity contribution in [2.24, 2.45) is 0 Å². The second-order valence-electron chi connectivity index (χ2n) is 9.41. The lowest BCUT2D eigenvalue weighted by Crippen LogP contribution is -2.58. The first-order chi connectivity index (χ1) is 20.0. The number of carbonyl (C=O) groups excluding carboxylic acids is 2. The van der Waals surface area contributed by atoms with Crippen molar-refractivity contribution in [2.45, 2.75) is 44.4 Å². The summed E-state index contributed by atoms with van der Waals surface area (Å²) in [5.74, 6) is -1.17. The summed E-state index contributed by atoms with van der Waals surface area (Å²) in [7, 11) is 0. The molecular formula is C25H25FN6O10. The molecule has 0 saturated carbocycles. The number of benzene rings is 1. The number of hydrogen-bond donors (Lipinski definition) is 6. The number of ketones is 1. The van der Waals surface area contributed by atoms with Gasteiger partial charge >= 0.3 is 6.16 Å². The van der Waals surface area contributed by atoms with Gasteiger partial charge in [0, 0.05) is 40.3 Å². The van der Waals surface area contributed by atoms with Crippen LogP contribution in [-0.2, 0) is 20.9 Å². The van der Waals surface area contributed by atoms with Gasteiger partial charge in [-0.1, -0.05) is 5.16 Å². The maximum atomic E-state index is 14.9. The molecule has 5 atom stereocenters. The van der Waals surface area contributed by atoms with Gasteiger partial charge in [-0.3, -0.25) is 9.78 Å². The highest BCUT2D eigenvalue weighted by Crippen LogP contribution is 2.38. The smallest absolute Gasteiger partial charge is 0.431 e.